The molecule has 0 aliphatic carbocycles. The molecule has 0 spiro atoms. The van der Waals surface area contributed by atoms with Crippen LogP contribution < -0.4 is 20.9 Å². The molecule has 3 aliphatic heterocycles. The first-order chi connectivity index (χ1) is 30.9. The van der Waals surface area contributed by atoms with Crippen molar-refractivity contribution in [1.82, 2.24) is 35.2 Å². The molecule has 0 saturated carbocycles. The first kappa shape index (κ1) is 44.2. The van der Waals surface area contributed by atoms with Crippen molar-refractivity contribution >= 4 is 35.1 Å². The van der Waals surface area contributed by atoms with Crippen LogP contribution in [0.2, 0.25) is 0 Å². The molecular formula is C48H52F3N9O4. The molecule has 3 aromatic carbocycles. The van der Waals surface area contributed by atoms with Crippen LogP contribution in [0.3, 0.4) is 0 Å². The minimum absolute atomic E-state index is 0.0170. The Morgan fingerprint density at radius 2 is 1.55 bits per heavy atom. The van der Waals surface area contributed by atoms with Crippen molar-refractivity contribution in [1.29, 1.82) is 0 Å². The number of nitrogens with one attached hydrogen (secondary N) is 3. The van der Waals surface area contributed by atoms with Crippen LogP contribution in [-0.4, -0.2) is 101 Å². The van der Waals surface area contributed by atoms with E-state index < -0.39 is 17.8 Å². The summed E-state index contributed by atoms with van der Waals surface area (Å²) in [6.45, 7) is 6.43. The van der Waals surface area contributed by atoms with Crippen LogP contribution in [0.15, 0.2) is 110 Å². The van der Waals surface area contributed by atoms with Crippen molar-refractivity contribution in [3.05, 3.63) is 132 Å². The summed E-state index contributed by atoms with van der Waals surface area (Å²) < 4.78 is 40.6. The summed E-state index contributed by atoms with van der Waals surface area (Å²) in [5.74, 6) is -0.0625. The predicted octanol–water partition coefficient (Wildman–Crippen LogP) is 6.06. The molecule has 3 fully saturated rings. The highest BCUT2D eigenvalue weighted by atomic mass is 19.4. The number of piperazine rings is 1. The first-order valence-corrected chi connectivity index (χ1v) is 21.9. The number of anilines is 2. The number of halogens is 3. The molecule has 5 heterocycles. The maximum atomic E-state index is 13.5. The summed E-state index contributed by atoms with van der Waals surface area (Å²) in [7, 11) is 0. The van der Waals surface area contributed by atoms with E-state index in [1.54, 1.807) is 23.1 Å². The number of piperidine rings is 2. The van der Waals surface area contributed by atoms with Crippen LogP contribution in [0.1, 0.15) is 59.9 Å². The highest BCUT2D eigenvalue weighted by molar-refractivity contribution is 6.01. The Kier molecular flexibility index (Phi) is 13.8. The lowest BCUT2D eigenvalue weighted by Crippen LogP contribution is -2.51. The maximum Gasteiger partial charge on any atom is 0.416 e. The van der Waals surface area contributed by atoms with E-state index in [1.165, 1.54) is 12.1 Å². The molecule has 13 nitrogen and oxygen atoms in total. The topological polar surface area (TPSA) is 145 Å². The number of amides is 4. The van der Waals surface area contributed by atoms with E-state index in [0.717, 1.165) is 85.6 Å². The second kappa shape index (κ2) is 20.0. The van der Waals surface area contributed by atoms with E-state index in [0.29, 0.717) is 56.2 Å². The predicted molar refractivity (Wildman–Crippen MR) is 236 cm³/mol. The third-order valence-corrected chi connectivity index (χ3v) is 12.5. The number of carbonyl (C=O) groups is 4. The first-order valence-electron chi connectivity index (χ1n) is 21.9. The molecule has 16 heteroatoms. The molecule has 3 saturated heterocycles. The molecule has 2 unspecified atom stereocenters. The van der Waals surface area contributed by atoms with E-state index in [1.807, 2.05) is 59.6 Å². The van der Waals surface area contributed by atoms with E-state index in [9.17, 15) is 32.3 Å². The summed E-state index contributed by atoms with van der Waals surface area (Å²) in [4.78, 5) is 61.9. The summed E-state index contributed by atoms with van der Waals surface area (Å²) in [5.41, 5.74) is 4.40. The normalized spacial score (nSPS) is 18.1. The number of aromatic nitrogens is 3. The van der Waals surface area contributed by atoms with Crippen molar-refractivity contribution in [2.24, 2.45) is 5.92 Å². The van der Waals surface area contributed by atoms with Gasteiger partial charge in [0, 0.05) is 88.0 Å². The van der Waals surface area contributed by atoms with Crippen molar-refractivity contribution in [3.63, 3.8) is 0 Å². The summed E-state index contributed by atoms with van der Waals surface area (Å²) in [5, 5.41) is 13.0. The third-order valence-electron chi connectivity index (χ3n) is 12.5. The van der Waals surface area contributed by atoms with E-state index in [-0.39, 0.29) is 36.1 Å². The fraction of sp³-hybridized carbons (Fsp3) is 0.375. The van der Waals surface area contributed by atoms with Gasteiger partial charge in [-0.05, 0) is 84.7 Å². The Hall–Kier alpha value is -6.39. The fourth-order valence-electron chi connectivity index (χ4n) is 8.75. The molecule has 8 rings (SSSR count). The molecule has 3 N–H and O–H groups in total. The van der Waals surface area contributed by atoms with Crippen LogP contribution in [0.25, 0.3) is 11.1 Å². The molecule has 4 amide bonds. The van der Waals surface area contributed by atoms with Gasteiger partial charge in [0.05, 0.1) is 17.7 Å². The maximum absolute atomic E-state index is 13.5. The van der Waals surface area contributed by atoms with Crippen LogP contribution in [0.5, 0.6) is 0 Å². The molecule has 5 aromatic rings. The zero-order chi connectivity index (χ0) is 44.6. The second-order valence-electron chi connectivity index (χ2n) is 16.8. The number of rotatable bonds is 14. The zero-order valence-corrected chi connectivity index (χ0v) is 35.5. The summed E-state index contributed by atoms with van der Waals surface area (Å²) in [6.07, 6.45) is 4.27. The zero-order valence-electron chi connectivity index (χ0n) is 35.5. The lowest BCUT2D eigenvalue weighted by atomic mass is 9.90. The Balaban J connectivity index is 0.761. The van der Waals surface area contributed by atoms with Gasteiger partial charge in [-0.1, -0.05) is 54.6 Å². The fourth-order valence-corrected chi connectivity index (χ4v) is 8.75. The Morgan fingerprint density at radius 1 is 0.812 bits per heavy atom. The average Bonchev–Trinajstić information content (AvgIpc) is 3.77. The van der Waals surface area contributed by atoms with Crippen molar-refractivity contribution in [3.8, 4) is 11.1 Å². The van der Waals surface area contributed by atoms with Crippen LogP contribution >= 0.6 is 0 Å². The average molecular weight is 876 g/mol. The van der Waals surface area contributed by atoms with E-state index in [4.69, 9.17) is 0 Å². The number of benzene rings is 3. The van der Waals surface area contributed by atoms with Gasteiger partial charge in [0.15, 0.2) is 0 Å². The monoisotopic (exact) mass is 875 g/mol. The minimum Gasteiger partial charge on any atom is -0.372 e. The lowest BCUT2D eigenvalue weighted by molar-refractivity contribution is -0.138. The number of pyridine rings is 1. The smallest absolute Gasteiger partial charge is 0.372 e. The molecule has 0 radical (unpaired) electrons. The SMILES string of the molecule is O=C1CCC(c2ccc(N3CCC(CN4CCN(C(=O)Cn5cc(-c6ccc(NC(=O)C(NCCc7ccc(C(F)(F)F)cc7)c7ccccc7)nc6)cn5)CC4)CC3)cc2)C(=O)N1. The van der Waals surface area contributed by atoms with Gasteiger partial charge >= 0.3 is 6.18 Å². The van der Waals surface area contributed by atoms with Gasteiger partial charge in [0.2, 0.25) is 23.6 Å². The van der Waals surface area contributed by atoms with Crippen LogP contribution in [0.4, 0.5) is 24.7 Å². The number of hydrogen-bond donors (Lipinski definition) is 3. The molecular weight excluding hydrogens is 824 g/mol. The van der Waals surface area contributed by atoms with Gasteiger partial charge in [0.25, 0.3) is 0 Å². The molecule has 0 bridgehead atoms. The number of nitrogens with zero attached hydrogens (tertiary/aromatic N) is 6. The summed E-state index contributed by atoms with van der Waals surface area (Å²) >= 11 is 0. The number of carbonyl (C=O) groups excluding carboxylic acids is 4. The molecule has 2 atom stereocenters. The van der Waals surface area contributed by atoms with Crippen LogP contribution in [-0.2, 0) is 38.3 Å². The van der Waals surface area contributed by atoms with Crippen molar-refractivity contribution in [2.75, 3.05) is 62.6 Å². The van der Waals surface area contributed by atoms with Gasteiger partial charge in [-0.2, -0.15) is 18.3 Å². The Bertz CT molecular complexity index is 2380. The quantitative estimate of drug-likeness (QED) is 0.114. The van der Waals surface area contributed by atoms with Gasteiger partial charge < -0.3 is 20.4 Å². The number of hydrogen-bond acceptors (Lipinski definition) is 9. The van der Waals surface area contributed by atoms with Gasteiger partial charge in [-0.3, -0.25) is 34.1 Å². The van der Waals surface area contributed by atoms with Gasteiger partial charge in [-0.15, -0.1) is 0 Å². The highest BCUT2D eigenvalue weighted by Gasteiger charge is 2.31. The standard InChI is InChI=1S/C48H52F3N9O4/c49-48(50,51)39-11-6-33(7-12-39)18-21-52-45(36-4-2-1-3-5-36)47(64)55-42-16-10-37(28-53-42)38-29-54-60(31-38)32-44(62)59-26-24-57(25-27-59)30-34-19-22-58(23-20-34)40-13-8-35(9-14-40)41-15-17-43(61)56-46(41)63/h1-14,16,28-29,31,34,41,45,52H,15,17-27,30,32H2,(H,53,55,64)(H,56,61,63). The second-order valence-corrected chi connectivity index (χ2v) is 16.8. The Morgan fingerprint density at radius 3 is 2.22 bits per heavy atom. The minimum atomic E-state index is -4.40. The van der Waals surface area contributed by atoms with Gasteiger partial charge in [0.1, 0.15) is 18.4 Å². The van der Waals surface area contributed by atoms with E-state index in [2.05, 4.69) is 48.0 Å². The molecule has 2 aromatic heterocycles. The largest absolute Gasteiger partial charge is 0.416 e. The van der Waals surface area contributed by atoms with E-state index >= 15 is 0 Å². The van der Waals surface area contributed by atoms with Gasteiger partial charge in [-0.25, -0.2) is 4.98 Å². The Labute approximate surface area is 370 Å². The highest BCUT2D eigenvalue weighted by Crippen LogP contribution is 2.31. The lowest BCUT2D eigenvalue weighted by Gasteiger charge is -2.39. The molecule has 64 heavy (non-hydrogen) atoms. The third kappa shape index (κ3) is 11.2. The van der Waals surface area contributed by atoms with Crippen molar-refractivity contribution in [2.45, 2.75) is 56.8 Å². The van der Waals surface area contributed by atoms with Crippen LogP contribution in [0, 0.1) is 5.92 Å². The summed E-state index contributed by atoms with van der Waals surface area (Å²) in [6, 6.07) is 25.2. The number of imide groups is 1. The molecule has 3 aliphatic rings. The molecule has 334 valence electrons. The van der Waals surface area contributed by atoms with Crippen molar-refractivity contribution < 1.29 is 32.3 Å². The number of alkyl halides is 3.